The summed E-state index contributed by atoms with van der Waals surface area (Å²) in [5, 5.41) is 3.74. The molecule has 2 aliphatic rings. The Hall–Kier alpha value is -2.00. The number of rotatable bonds is 5. The molecule has 2 atom stereocenters. The molecule has 2 aromatic carbocycles. The zero-order chi connectivity index (χ0) is 15.9. The maximum Gasteiger partial charge on any atom is 0.161 e. The Labute approximate surface area is 137 Å². The van der Waals surface area contributed by atoms with Crippen LogP contribution in [-0.2, 0) is 18.4 Å². The molecular formula is C20H23NO2. The Balaban J connectivity index is 1.44. The van der Waals surface area contributed by atoms with Gasteiger partial charge in [-0.1, -0.05) is 30.3 Å². The minimum Gasteiger partial charge on any atom is -0.493 e. The van der Waals surface area contributed by atoms with Gasteiger partial charge >= 0.3 is 0 Å². The number of hydrogen-bond acceptors (Lipinski definition) is 3. The van der Waals surface area contributed by atoms with E-state index in [2.05, 4.69) is 41.7 Å². The van der Waals surface area contributed by atoms with E-state index in [1.807, 2.05) is 6.07 Å². The molecule has 3 heteroatoms. The van der Waals surface area contributed by atoms with Gasteiger partial charge in [0, 0.05) is 18.0 Å². The first kappa shape index (κ1) is 14.6. The van der Waals surface area contributed by atoms with Gasteiger partial charge in [0.1, 0.15) is 0 Å². The molecule has 23 heavy (non-hydrogen) atoms. The van der Waals surface area contributed by atoms with Gasteiger partial charge in [0.05, 0.1) is 14.2 Å². The third kappa shape index (κ3) is 2.40. The van der Waals surface area contributed by atoms with Crippen molar-refractivity contribution in [2.75, 3.05) is 14.2 Å². The summed E-state index contributed by atoms with van der Waals surface area (Å²) in [5.74, 6) is 1.58. The van der Waals surface area contributed by atoms with Crippen LogP contribution in [0.1, 0.15) is 29.5 Å². The van der Waals surface area contributed by atoms with Crippen molar-refractivity contribution in [3.05, 3.63) is 59.2 Å². The minimum atomic E-state index is 0.396. The van der Waals surface area contributed by atoms with Gasteiger partial charge in [-0.05, 0) is 48.1 Å². The lowest BCUT2D eigenvalue weighted by Crippen LogP contribution is -2.23. The highest BCUT2D eigenvalue weighted by Crippen LogP contribution is 2.56. The second kappa shape index (κ2) is 5.57. The summed E-state index contributed by atoms with van der Waals surface area (Å²) in [6.07, 6.45) is 3.78. The highest BCUT2D eigenvalue weighted by atomic mass is 16.5. The van der Waals surface area contributed by atoms with Crippen molar-refractivity contribution in [1.82, 2.24) is 5.32 Å². The van der Waals surface area contributed by atoms with Crippen molar-refractivity contribution >= 4 is 0 Å². The van der Waals surface area contributed by atoms with Crippen molar-refractivity contribution in [3.63, 3.8) is 0 Å². The van der Waals surface area contributed by atoms with E-state index >= 15 is 0 Å². The van der Waals surface area contributed by atoms with E-state index < -0.39 is 0 Å². The third-order valence-corrected chi connectivity index (χ3v) is 5.47. The molecule has 2 aromatic rings. The minimum absolute atomic E-state index is 0.396. The Bertz CT molecular complexity index is 727. The molecule has 0 amide bonds. The molecule has 0 bridgehead atoms. The number of methoxy groups -OCH3 is 2. The lowest BCUT2D eigenvalue weighted by molar-refractivity contribution is 0.354. The van der Waals surface area contributed by atoms with Crippen LogP contribution in [0, 0.1) is 0 Å². The highest BCUT2D eigenvalue weighted by Gasteiger charge is 2.57. The Kier molecular flexibility index (Phi) is 3.53. The van der Waals surface area contributed by atoms with Gasteiger partial charge in [-0.15, -0.1) is 0 Å². The van der Waals surface area contributed by atoms with Crippen LogP contribution in [0.15, 0.2) is 42.5 Å². The van der Waals surface area contributed by atoms with Crippen molar-refractivity contribution in [3.8, 4) is 11.5 Å². The molecule has 1 saturated carbocycles. The molecular weight excluding hydrogens is 286 g/mol. The fourth-order valence-corrected chi connectivity index (χ4v) is 4.09. The van der Waals surface area contributed by atoms with Gasteiger partial charge in [0.2, 0.25) is 0 Å². The Morgan fingerprint density at radius 2 is 1.91 bits per heavy atom. The van der Waals surface area contributed by atoms with Gasteiger partial charge in [-0.25, -0.2) is 0 Å². The Morgan fingerprint density at radius 1 is 1.09 bits per heavy atom. The van der Waals surface area contributed by atoms with Gasteiger partial charge in [0.25, 0.3) is 0 Å². The maximum absolute atomic E-state index is 5.39. The van der Waals surface area contributed by atoms with Crippen molar-refractivity contribution < 1.29 is 9.47 Å². The molecule has 3 nitrogen and oxygen atoms in total. The number of aryl methyl sites for hydroxylation is 1. The van der Waals surface area contributed by atoms with E-state index in [1.54, 1.807) is 25.3 Å². The van der Waals surface area contributed by atoms with Crippen molar-refractivity contribution in [2.45, 2.75) is 37.3 Å². The fourth-order valence-electron chi connectivity index (χ4n) is 4.09. The first-order valence-electron chi connectivity index (χ1n) is 8.29. The average Bonchev–Trinajstić information content (AvgIpc) is 3.19. The number of nitrogens with one attached hydrogen (secondary N) is 1. The lowest BCUT2D eigenvalue weighted by Gasteiger charge is -2.13. The van der Waals surface area contributed by atoms with Crippen LogP contribution in [0.25, 0.3) is 0 Å². The van der Waals surface area contributed by atoms with E-state index in [9.17, 15) is 0 Å². The van der Waals surface area contributed by atoms with E-state index in [-0.39, 0.29) is 0 Å². The van der Waals surface area contributed by atoms with Crippen LogP contribution < -0.4 is 14.8 Å². The highest BCUT2D eigenvalue weighted by molar-refractivity contribution is 5.47. The number of benzene rings is 2. The zero-order valence-electron chi connectivity index (χ0n) is 13.8. The van der Waals surface area contributed by atoms with Crippen LogP contribution in [-0.4, -0.2) is 20.3 Å². The van der Waals surface area contributed by atoms with E-state index in [0.717, 1.165) is 18.0 Å². The molecule has 0 aliphatic heterocycles. The number of ether oxygens (including phenoxy) is 2. The molecule has 120 valence electrons. The third-order valence-electron chi connectivity index (χ3n) is 5.47. The molecule has 0 aromatic heterocycles. The SMILES string of the molecule is COc1ccc(CNC2CC23CCc2ccccc23)cc1OC. The summed E-state index contributed by atoms with van der Waals surface area (Å²) in [7, 11) is 3.35. The molecule has 1 spiro atoms. The lowest BCUT2D eigenvalue weighted by atomic mass is 9.97. The van der Waals surface area contributed by atoms with E-state index in [1.165, 1.54) is 24.8 Å². The van der Waals surface area contributed by atoms with Crippen molar-refractivity contribution in [1.29, 1.82) is 0 Å². The van der Waals surface area contributed by atoms with Gasteiger partial charge < -0.3 is 14.8 Å². The molecule has 2 aliphatic carbocycles. The molecule has 0 saturated heterocycles. The molecule has 0 heterocycles. The normalized spacial score (nSPS) is 24.5. The molecule has 0 radical (unpaired) electrons. The Morgan fingerprint density at radius 3 is 2.74 bits per heavy atom. The molecule has 1 N–H and O–H groups in total. The predicted molar refractivity (Wildman–Crippen MR) is 91.2 cm³/mol. The van der Waals surface area contributed by atoms with Crippen LogP contribution in [0.3, 0.4) is 0 Å². The van der Waals surface area contributed by atoms with Crippen LogP contribution in [0.2, 0.25) is 0 Å². The number of hydrogen-bond donors (Lipinski definition) is 1. The summed E-state index contributed by atoms with van der Waals surface area (Å²) in [4.78, 5) is 0. The fraction of sp³-hybridized carbons (Fsp3) is 0.400. The van der Waals surface area contributed by atoms with Crippen molar-refractivity contribution in [2.24, 2.45) is 0 Å². The topological polar surface area (TPSA) is 30.5 Å². The summed E-state index contributed by atoms with van der Waals surface area (Å²) in [6, 6.07) is 15.7. The summed E-state index contributed by atoms with van der Waals surface area (Å²) in [5.41, 5.74) is 4.75. The van der Waals surface area contributed by atoms with E-state index in [4.69, 9.17) is 9.47 Å². The second-order valence-corrected chi connectivity index (χ2v) is 6.64. The van der Waals surface area contributed by atoms with Gasteiger partial charge in [-0.2, -0.15) is 0 Å². The second-order valence-electron chi connectivity index (χ2n) is 6.64. The maximum atomic E-state index is 5.39. The molecule has 2 unspecified atom stereocenters. The molecule has 1 fully saturated rings. The van der Waals surface area contributed by atoms with Crippen LogP contribution in [0.5, 0.6) is 11.5 Å². The monoisotopic (exact) mass is 309 g/mol. The van der Waals surface area contributed by atoms with Crippen LogP contribution in [0.4, 0.5) is 0 Å². The zero-order valence-corrected chi connectivity index (χ0v) is 13.8. The average molecular weight is 309 g/mol. The standard InChI is InChI=1S/C20H23NO2/c1-22-17-8-7-14(11-18(17)23-2)13-21-19-12-20(19)10-9-15-5-3-4-6-16(15)20/h3-8,11,19,21H,9-10,12-13H2,1-2H3. The molecule has 4 rings (SSSR count). The largest absolute Gasteiger partial charge is 0.493 e. The first-order valence-corrected chi connectivity index (χ1v) is 8.29. The predicted octanol–water partition coefficient (Wildman–Crippen LogP) is 3.45. The first-order chi connectivity index (χ1) is 11.3. The summed E-state index contributed by atoms with van der Waals surface area (Å²) >= 11 is 0. The number of fused-ring (bicyclic) bond motifs is 2. The van der Waals surface area contributed by atoms with Gasteiger partial charge in [0.15, 0.2) is 11.5 Å². The van der Waals surface area contributed by atoms with Gasteiger partial charge in [-0.3, -0.25) is 0 Å². The van der Waals surface area contributed by atoms with Crippen LogP contribution >= 0.6 is 0 Å². The quantitative estimate of drug-likeness (QED) is 0.917. The summed E-state index contributed by atoms with van der Waals surface area (Å²) < 4.78 is 10.7. The van der Waals surface area contributed by atoms with E-state index in [0.29, 0.717) is 11.5 Å². The summed E-state index contributed by atoms with van der Waals surface area (Å²) in [6.45, 7) is 0.870. The smallest absolute Gasteiger partial charge is 0.161 e.